The number of rotatable bonds is 2. The van der Waals surface area contributed by atoms with Crippen LogP contribution in [-0.4, -0.2) is 11.1 Å². The smallest absolute Gasteiger partial charge is 0.250 e. The number of halogens is 1. The van der Waals surface area contributed by atoms with Crippen LogP contribution in [0.25, 0.3) is 0 Å². The molecule has 5 heteroatoms. The number of hydrogen-bond acceptors (Lipinski definition) is 3. The summed E-state index contributed by atoms with van der Waals surface area (Å²) in [6.45, 7) is 3.57. The Balaban J connectivity index is 3.31. The van der Waals surface area contributed by atoms with Crippen LogP contribution >= 0.6 is 11.6 Å². The molecule has 13 heavy (non-hydrogen) atoms. The molecule has 0 heterocycles. The molecule has 0 aliphatic rings. The number of nitrogens with two attached hydrogens (primary N) is 1. The molecule has 1 aromatic carbocycles. The zero-order valence-corrected chi connectivity index (χ0v) is 7.43. The topological polar surface area (TPSA) is 75.3 Å². The highest BCUT2D eigenvalue weighted by molar-refractivity contribution is 6.34. The molecular weight excluding hydrogens is 192 g/mol. The van der Waals surface area contributed by atoms with Crippen molar-refractivity contribution in [2.45, 2.75) is 0 Å². The first-order chi connectivity index (χ1) is 6.06. The standard InChI is InChI=1S/C8H8ClN2O2/c1-4-2-5(11-13)3-6(9)7(4)8(10)12/h2-3,11,13H,1H2,(H2,10,12). The summed E-state index contributed by atoms with van der Waals surface area (Å²) in [6.07, 6.45) is 0. The second-order valence-corrected chi connectivity index (χ2v) is 2.88. The third kappa shape index (κ3) is 1.91. The lowest BCUT2D eigenvalue weighted by atomic mass is 10.1. The molecule has 1 aromatic rings. The van der Waals surface area contributed by atoms with Gasteiger partial charge in [-0.3, -0.25) is 15.5 Å². The number of carbonyl (C=O) groups excluding carboxylic acids is 1. The van der Waals surface area contributed by atoms with Gasteiger partial charge < -0.3 is 5.73 Å². The molecule has 0 unspecified atom stereocenters. The van der Waals surface area contributed by atoms with Gasteiger partial charge in [-0.2, -0.15) is 0 Å². The fourth-order valence-electron chi connectivity index (χ4n) is 1.00. The largest absolute Gasteiger partial charge is 0.366 e. The van der Waals surface area contributed by atoms with Gasteiger partial charge in [0.2, 0.25) is 5.91 Å². The number of benzene rings is 1. The number of primary amides is 1. The molecule has 1 amide bonds. The van der Waals surface area contributed by atoms with Gasteiger partial charge in [0.15, 0.2) is 0 Å². The quantitative estimate of drug-likeness (QED) is 0.631. The van der Waals surface area contributed by atoms with Crippen LogP contribution in [0, 0.1) is 6.92 Å². The van der Waals surface area contributed by atoms with Crippen molar-refractivity contribution in [3.8, 4) is 0 Å². The molecule has 4 N–H and O–H groups in total. The first-order valence-electron chi connectivity index (χ1n) is 3.41. The molecule has 0 saturated heterocycles. The number of hydrogen-bond donors (Lipinski definition) is 3. The molecule has 0 aliphatic heterocycles. The van der Waals surface area contributed by atoms with Crippen molar-refractivity contribution in [2.75, 3.05) is 5.48 Å². The van der Waals surface area contributed by atoms with E-state index in [0.717, 1.165) is 0 Å². The fraction of sp³-hybridized carbons (Fsp3) is 0. The van der Waals surface area contributed by atoms with Crippen LogP contribution in [0.15, 0.2) is 12.1 Å². The predicted octanol–water partition coefficient (Wildman–Crippen LogP) is 1.42. The molecule has 4 nitrogen and oxygen atoms in total. The summed E-state index contributed by atoms with van der Waals surface area (Å²) in [7, 11) is 0. The summed E-state index contributed by atoms with van der Waals surface area (Å²) in [5.74, 6) is -0.639. The van der Waals surface area contributed by atoms with Crippen LogP contribution in [0.5, 0.6) is 0 Å². The summed E-state index contributed by atoms with van der Waals surface area (Å²) in [5.41, 5.74) is 7.86. The van der Waals surface area contributed by atoms with E-state index < -0.39 is 5.91 Å². The van der Waals surface area contributed by atoms with E-state index in [1.54, 1.807) is 0 Å². The lowest BCUT2D eigenvalue weighted by Gasteiger charge is -2.06. The molecule has 0 atom stereocenters. The molecule has 1 rings (SSSR count). The van der Waals surface area contributed by atoms with Crippen LogP contribution in [0.1, 0.15) is 15.9 Å². The van der Waals surface area contributed by atoms with Crippen LogP contribution < -0.4 is 11.2 Å². The monoisotopic (exact) mass is 199 g/mol. The maximum atomic E-state index is 10.9. The van der Waals surface area contributed by atoms with Crippen molar-refractivity contribution in [2.24, 2.45) is 5.73 Å². The van der Waals surface area contributed by atoms with Gasteiger partial charge in [-0.1, -0.05) is 11.6 Å². The van der Waals surface area contributed by atoms with Gasteiger partial charge in [-0.25, -0.2) is 0 Å². The zero-order chi connectivity index (χ0) is 10.0. The Labute approximate surface area is 80.3 Å². The molecule has 0 fully saturated rings. The lowest BCUT2D eigenvalue weighted by Crippen LogP contribution is -2.13. The minimum absolute atomic E-state index is 0.163. The summed E-state index contributed by atoms with van der Waals surface area (Å²) < 4.78 is 0. The Morgan fingerprint density at radius 2 is 2.23 bits per heavy atom. The second-order valence-electron chi connectivity index (χ2n) is 2.47. The highest BCUT2D eigenvalue weighted by atomic mass is 35.5. The Kier molecular flexibility index (Phi) is 2.75. The molecule has 1 radical (unpaired) electrons. The predicted molar refractivity (Wildman–Crippen MR) is 49.8 cm³/mol. The van der Waals surface area contributed by atoms with Crippen molar-refractivity contribution in [1.29, 1.82) is 0 Å². The van der Waals surface area contributed by atoms with Gasteiger partial charge in [0.25, 0.3) is 0 Å². The molecule has 69 valence electrons. The van der Waals surface area contributed by atoms with Gasteiger partial charge >= 0.3 is 0 Å². The van der Waals surface area contributed by atoms with Crippen molar-refractivity contribution in [3.63, 3.8) is 0 Å². The van der Waals surface area contributed by atoms with E-state index in [1.165, 1.54) is 12.1 Å². The van der Waals surface area contributed by atoms with Crippen LogP contribution in [0.4, 0.5) is 5.69 Å². The van der Waals surface area contributed by atoms with Gasteiger partial charge in [0.05, 0.1) is 16.3 Å². The Morgan fingerprint density at radius 3 is 2.62 bits per heavy atom. The van der Waals surface area contributed by atoms with Crippen LogP contribution in [-0.2, 0) is 0 Å². The molecular formula is C8H8ClN2O2. The molecule has 0 spiro atoms. The minimum atomic E-state index is -0.639. The number of carbonyl (C=O) groups is 1. The highest BCUT2D eigenvalue weighted by Gasteiger charge is 2.11. The van der Waals surface area contributed by atoms with E-state index in [-0.39, 0.29) is 10.6 Å². The van der Waals surface area contributed by atoms with Crippen LogP contribution in [0.3, 0.4) is 0 Å². The Morgan fingerprint density at radius 1 is 1.62 bits per heavy atom. The first kappa shape index (κ1) is 9.83. The third-order valence-electron chi connectivity index (χ3n) is 1.55. The zero-order valence-electron chi connectivity index (χ0n) is 6.67. The molecule has 0 saturated carbocycles. The van der Waals surface area contributed by atoms with E-state index in [2.05, 4.69) is 6.92 Å². The summed E-state index contributed by atoms with van der Waals surface area (Å²) >= 11 is 5.72. The van der Waals surface area contributed by atoms with Crippen molar-refractivity contribution >= 4 is 23.2 Å². The summed E-state index contributed by atoms with van der Waals surface area (Å²) in [5, 5.41) is 8.73. The average Bonchev–Trinajstić information content (AvgIpc) is 2.02. The van der Waals surface area contributed by atoms with Crippen molar-refractivity contribution in [1.82, 2.24) is 0 Å². The highest BCUT2D eigenvalue weighted by Crippen LogP contribution is 2.24. The fourth-order valence-corrected chi connectivity index (χ4v) is 1.34. The van der Waals surface area contributed by atoms with Crippen LogP contribution in [0.2, 0.25) is 5.02 Å². The maximum Gasteiger partial charge on any atom is 0.250 e. The SMILES string of the molecule is [CH2]c1cc(NO)cc(Cl)c1C(N)=O. The number of anilines is 1. The summed E-state index contributed by atoms with van der Waals surface area (Å²) in [4.78, 5) is 10.9. The van der Waals surface area contributed by atoms with Gasteiger partial charge in [-0.05, 0) is 24.6 Å². The Bertz CT molecular complexity index is 329. The number of nitrogens with one attached hydrogen (secondary N) is 1. The van der Waals surface area contributed by atoms with Gasteiger partial charge in [0.1, 0.15) is 0 Å². The van der Waals surface area contributed by atoms with Crippen molar-refractivity contribution in [3.05, 3.63) is 35.2 Å². The van der Waals surface area contributed by atoms with E-state index >= 15 is 0 Å². The van der Waals surface area contributed by atoms with Gasteiger partial charge in [0, 0.05) is 0 Å². The first-order valence-corrected chi connectivity index (χ1v) is 3.79. The number of amides is 1. The van der Waals surface area contributed by atoms with E-state index in [9.17, 15) is 4.79 Å². The van der Waals surface area contributed by atoms with E-state index in [1.807, 2.05) is 5.48 Å². The normalized spacial score (nSPS) is 9.77. The lowest BCUT2D eigenvalue weighted by molar-refractivity contribution is 0.1000. The Hall–Kier alpha value is -1.26. The molecule has 0 bridgehead atoms. The summed E-state index contributed by atoms with van der Waals surface area (Å²) in [6, 6.07) is 2.85. The average molecular weight is 200 g/mol. The second kappa shape index (κ2) is 3.64. The van der Waals surface area contributed by atoms with Crippen molar-refractivity contribution < 1.29 is 10.0 Å². The maximum absolute atomic E-state index is 10.9. The molecule has 0 aliphatic carbocycles. The minimum Gasteiger partial charge on any atom is -0.366 e. The van der Waals surface area contributed by atoms with Gasteiger partial charge in [-0.15, -0.1) is 0 Å². The van der Waals surface area contributed by atoms with E-state index in [4.69, 9.17) is 22.5 Å². The third-order valence-corrected chi connectivity index (χ3v) is 1.85. The molecule has 0 aromatic heterocycles. The van der Waals surface area contributed by atoms with E-state index in [0.29, 0.717) is 11.3 Å².